The fourth-order valence-electron chi connectivity index (χ4n) is 2.06. The van der Waals surface area contributed by atoms with Crippen LogP contribution in [-0.4, -0.2) is 49.6 Å². The summed E-state index contributed by atoms with van der Waals surface area (Å²) in [6, 6.07) is 3.80. The smallest absolute Gasteiger partial charge is 0.342 e. The minimum absolute atomic E-state index is 0.0453. The summed E-state index contributed by atoms with van der Waals surface area (Å²) in [4.78, 5) is 23.4. The minimum Gasteiger partial charge on any atom is -0.507 e. The zero-order valence-corrected chi connectivity index (χ0v) is 13.8. The molecule has 22 heavy (non-hydrogen) atoms. The molecule has 7 nitrogen and oxygen atoms in total. The number of benzene rings is 1. The maximum Gasteiger partial charge on any atom is 0.342 e. The second-order valence-electron chi connectivity index (χ2n) is 4.91. The molecule has 1 atom stereocenters. The van der Waals surface area contributed by atoms with E-state index in [1.165, 1.54) is 12.1 Å². The average Bonchev–Trinajstić information content (AvgIpc) is 2.78. The summed E-state index contributed by atoms with van der Waals surface area (Å²) in [5, 5.41) is 12.1. The van der Waals surface area contributed by atoms with E-state index in [0.29, 0.717) is 10.9 Å². The number of amides is 1. The van der Waals surface area contributed by atoms with Crippen molar-refractivity contribution in [3.8, 4) is 5.75 Å². The number of phenolic OH excluding ortho intramolecular Hbond substituents is 1. The number of hydrogen-bond acceptors (Lipinski definition) is 6. The summed E-state index contributed by atoms with van der Waals surface area (Å²) >= 11 is 3.16. The van der Waals surface area contributed by atoms with Crippen LogP contribution in [0.3, 0.4) is 0 Å². The first-order valence-corrected chi connectivity index (χ1v) is 9.04. The molecule has 0 spiro atoms. The van der Waals surface area contributed by atoms with E-state index in [0.717, 1.165) is 0 Å². The Morgan fingerprint density at radius 1 is 1.41 bits per heavy atom. The molecular formula is C13H14BrNO6S. The van der Waals surface area contributed by atoms with Crippen molar-refractivity contribution >= 4 is 37.6 Å². The monoisotopic (exact) mass is 391 g/mol. The van der Waals surface area contributed by atoms with E-state index in [2.05, 4.69) is 21.2 Å². The van der Waals surface area contributed by atoms with Crippen molar-refractivity contribution in [1.29, 1.82) is 0 Å². The zero-order valence-electron chi connectivity index (χ0n) is 11.4. The Bertz CT molecular complexity index is 702. The molecule has 9 heteroatoms. The molecule has 0 aromatic heterocycles. The number of hydrogen-bond donors (Lipinski definition) is 2. The van der Waals surface area contributed by atoms with Gasteiger partial charge in [-0.15, -0.1) is 0 Å². The average molecular weight is 392 g/mol. The van der Waals surface area contributed by atoms with E-state index < -0.39 is 34.4 Å². The summed E-state index contributed by atoms with van der Waals surface area (Å²) in [6.45, 7) is -0.540. The van der Waals surface area contributed by atoms with Crippen LogP contribution in [0, 0.1) is 0 Å². The number of esters is 1. The summed E-state index contributed by atoms with van der Waals surface area (Å²) in [7, 11) is -3.09. The molecule has 0 bridgehead atoms. The molecule has 2 N–H and O–H groups in total. The molecule has 1 aromatic carbocycles. The van der Waals surface area contributed by atoms with E-state index in [4.69, 9.17) is 4.74 Å². The van der Waals surface area contributed by atoms with Gasteiger partial charge in [0.25, 0.3) is 5.91 Å². The van der Waals surface area contributed by atoms with Crippen molar-refractivity contribution in [2.45, 2.75) is 12.5 Å². The number of ether oxygens (including phenoxy) is 1. The number of carbonyl (C=O) groups is 2. The van der Waals surface area contributed by atoms with Crippen LogP contribution in [0.5, 0.6) is 5.75 Å². The minimum atomic E-state index is -3.09. The van der Waals surface area contributed by atoms with Gasteiger partial charge in [-0.05, 0) is 24.6 Å². The topological polar surface area (TPSA) is 110 Å². The molecule has 0 unspecified atom stereocenters. The second kappa shape index (κ2) is 6.66. The van der Waals surface area contributed by atoms with Crippen molar-refractivity contribution in [1.82, 2.24) is 5.32 Å². The first-order chi connectivity index (χ1) is 10.3. The lowest BCUT2D eigenvalue weighted by molar-refractivity contribution is -0.124. The number of carbonyl (C=O) groups excluding carboxylic acids is 2. The Balaban J connectivity index is 1.86. The van der Waals surface area contributed by atoms with Crippen LogP contribution in [0.4, 0.5) is 0 Å². The number of sulfone groups is 1. The van der Waals surface area contributed by atoms with E-state index in [1.54, 1.807) is 6.07 Å². The predicted octanol–water partition coefficient (Wildman–Crippen LogP) is 0.615. The quantitative estimate of drug-likeness (QED) is 0.727. The molecule has 1 aromatic rings. The first kappa shape index (κ1) is 16.8. The molecule has 1 aliphatic rings. The largest absolute Gasteiger partial charge is 0.507 e. The van der Waals surface area contributed by atoms with Crippen molar-refractivity contribution in [2.24, 2.45) is 0 Å². The lowest BCUT2D eigenvalue weighted by atomic mass is 10.2. The zero-order chi connectivity index (χ0) is 16.3. The van der Waals surface area contributed by atoms with Crippen LogP contribution >= 0.6 is 15.9 Å². The van der Waals surface area contributed by atoms with E-state index in [-0.39, 0.29) is 22.8 Å². The maximum absolute atomic E-state index is 11.8. The third kappa shape index (κ3) is 4.44. The Hall–Kier alpha value is -1.61. The predicted molar refractivity (Wildman–Crippen MR) is 81.3 cm³/mol. The molecule has 0 radical (unpaired) electrons. The Kier molecular flexibility index (Phi) is 5.07. The van der Waals surface area contributed by atoms with E-state index in [1.807, 2.05) is 0 Å². The van der Waals surface area contributed by atoms with Gasteiger partial charge >= 0.3 is 5.97 Å². The lowest BCUT2D eigenvalue weighted by Gasteiger charge is -2.11. The second-order valence-corrected chi connectivity index (χ2v) is 8.05. The van der Waals surface area contributed by atoms with E-state index >= 15 is 0 Å². The molecule has 120 valence electrons. The molecule has 1 heterocycles. The fraction of sp³-hybridized carbons (Fsp3) is 0.385. The molecule has 1 saturated heterocycles. The Morgan fingerprint density at radius 2 is 2.14 bits per heavy atom. The van der Waals surface area contributed by atoms with Crippen LogP contribution in [-0.2, 0) is 19.4 Å². The molecule has 1 aliphatic heterocycles. The molecule has 1 fully saturated rings. The van der Waals surface area contributed by atoms with Crippen LogP contribution in [0.15, 0.2) is 22.7 Å². The number of halogens is 1. The van der Waals surface area contributed by atoms with Gasteiger partial charge < -0.3 is 15.2 Å². The first-order valence-electron chi connectivity index (χ1n) is 6.42. The van der Waals surface area contributed by atoms with E-state index in [9.17, 15) is 23.1 Å². The summed E-state index contributed by atoms with van der Waals surface area (Å²) in [6.07, 6.45) is 0.356. The van der Waals surface area contributed by atoms with Gasteiger partial charge in [-0.25, -0.2) is 13.2 Å². The SMILES string of the molecule is O=C(COC(=O)c1cc(Br)ccc1O)N[C@@H]1CCS(=O)(=O)C1. The Labute approximate surface area is 135 Å². The van der Waals surface area contributed by atoms with Crippen LogP contribution in [0.25, 0.3) is 0 Å². The third-order valence-corrected chi connectivity index (χ3v) is 5.37. The molecular weight excluding hydrogens is 378 g/mol. The maximum atomic E-state index is 11.8. The normalized spacial score (nSPS) is 19.6. The van der Waals surface area contributed by atoms with Crippen molar-refractivity contribution < 1.29 is 27.9 Å². The summed E-state index contributed by atoms with van der Waals surface area (Å²) < 4.78 is 27.9. The van der Waals surface area contributed by atoms with Gasteiger partial charge in [0.05, 0.1) is 11.5 Å². The summed E-state index contributed by atoms with van der Waals surface area (Å²) in [5.74, 6) is -1.73. The summed E-state index contributed by atoms with van der Waals surface area (Å²) in [5.41, 5.74) is -0.0642. The highest BCUT2D eigenvalue weighted by Gasteiger charge is 2.29. The highest BCUT2D eigenvalue weighted by Crippen LogP contribution is 2.22. The number of phenols is 1. The number of nitrogens with one attached hydrogen (secondary N) is 1. The molecule has 0 aliphatic carbocycles. The van der Waals surface area contributed by atoms with Gasteiger partial charge in [-0.3, -0.25) is 4.79 Å². The standard InChI is InChI=1S/C13H14BrNO6S/c14-8-1-2-11(16)10(5-8)13(18)21-6-12(17)15-9-3-4-22(19,20)7-9/h1-2,5,9,16H,3-4,6-7H2,(H,15,17)/t9-/m1/s1. The van der Waals surface area contributed by atoms with Crippen molar-refractivity contribution in [3.05, 3.63) is 28.2 Å². The third-order valence-electron chi connectivity index (χ3n) is 3.11. The van der Waals surface area contributed by atoms with Crippen LogP contribution in [0.1, 0.15) is 16.8 Å². The Morgan fingerprint density at radius 3 is 2.77 bits per heavy atom. The van der Waals surface area contributed by atoms with Crippen molar-refractivity contribution in [3.63, 3.8) is 0 Å². The van der Waals surface area contributed by atoms with Gasteiger partial charge in [-0.2, -0.15) is 0 Å². The highest BCUT2D eigenvalue weighted by molar-refractivity contribution is 9.10. The van der Waals surface area contributed by atoms with Gasteiger partial charge in [0, 0.05) is 10.5 Å². The van der Waals surface area contributed by atoms with Crippen molar-refractivity contribution in [2.75, 3.05) is 18.1 Å². The number of rotatable bonds is 4. The van der Waals surface area contributed by atoms with Crippen LogP contribution < -0.4 is 5.32 Å². The lowest BCUT2D eigenvalue weighted by Crippen LogP contribution is -2.38. The molecule has 2 rings (SSSR count). The fourth-order valence-corrected chi connectivity index (χ4v) is 4.09. The van der Waals surface area contributed by atoms with Gasteiger partial charge in [0.2, 0.25) is 0 Å². The number of aromatic hydroxyl groups is 1. The van der Waals surface area contributed by atoms with Gasteiger partial charge in [0.1, 0.15) is 11.3 Å². The molecule has 1 amide bonds. The highest BCUT2D eigenvalue weighted by atomic mass is 79.9. The molecule has 0 saturated carbocycles. The van der Waals surface area contributed by atoms with Crippen LogP contribution in [0.2, 0.25) is 0 Å². The van der Waals surface area contributed by atoms with Gasteiger partial charge in [0.15, 0.2) is 16.4 Å². The van der Waals surface area contributed by atoms with Gasteiger partial charge in [-0.1, -0.05) is 15.9 Å².